The highest BCUT2D eigenvalue weighted by atomic mass is 32.1. The standard InChI is InChI=1S/C49H41NS/c1-48(2,3)34-25-27-40-43(30-34)49(4,5)42-22-14-21-39(47(40)42)37-19-9-11-23-44(37)50(35-18-13-17-33(29-35)32-15-7-6-8-16-32)36-26-28-46-41(31-36)38-20-10-12-24-45(38)51-46/h6-31H,1-5H3. The molecule has 0 saturated carbocycles. The summed E-state index contributed by atoms with van der Waals surface area (Å²) < 4.78 is 2.62. The average Bonchev–Trinajstić information content (AvgIpc) is 3.63. The summed E-state index contributed by atoms with van der Waals surface area (Å²) in [6.07, 6.45) is 0. The van der Waals surface area contributed by atoms with Gasteiger partial charge < -0.3 is 4.90 Å². The molecule has 0 radical (unpaired) electrons. The lowest BCUT2D eigenvalue weighted by Crippen LogP contribution is -2.17. The van der Waals surface area contributed by atoms with Crippen LogP contribution >= 0.6 is 11.3 Å². The zero-order valence-corrected chi connectivity index (χ0v) is 30.7. The Morgan fingerprint density at radius 2 is 1.18 bits per heavy atom. The van der Waals surface area contributed by atoms with E-state index < -0.39 is 0 Å². The number of thiophene rings is 1. The first kappa shape index (κ1) is 31.5. The summed E-state index contributed by atoms with van der Waals surface area (Å²) in [5.41, 5.74) is 15.2. The van der Waals surface area contributed by atoms with Crippen molar-refractivity contribution in [1.29, 1.82) is 0 Å². The summed E-state index contributed by atoms with van der Waals surface area (Å²) in [5.74, 6) is 0. The molecule has 1 aliphatic rings. The summed E-state index contributed by atoms with van der Waals surface area (Å²) >= 11 is 1.86. The van der Waals surface area contributed by atoms with E-state index >= 15 is 0 Å². The number of hydrogen-bond donors (Lipinski definition) is 0. The van der Waals surface area contributed by atoms with Gasteiger partial charge in [-0.15, -0.1) is 11.3 Å². The fourth-order valence-corrected chi connectivity index (χ4v) is 9.20. The van der Waals surface area contributed by atoms with Crippen LogP contribution < -0.4 is 4.90 Å². The first-order valence-corrected chi connectivity index (χ1v) is 18.8. The van der Waals surface area contributed by atoms with Gasteiger partial charge >= 0.3 is 0 Å². The SMILES string of the molecule is CC(C)(C)c1ccc2c(c1)C(C)(C)c1cccc(-c3ccccc3N(c3cccc(-c4ccccc4)c3)c3ccc4sc5ccccc5c4c3)c1-2. The predicted molar refractivity (Wildman–Crippen MR) is 221 cm³/mol. The van der Waals surface area contributed by atoms with Crippen LogP contribution in [-0.2, 0) is 10.8 Å². The minimum Gasteiger partial charge on any atom is -0.310 e. The van der Waals surface area contributed by atoms with Crippen molar-refractivity contribution in [3.63, 3.8) is 0 Å². The van der Waals surface area contributed by atoms with Gasteiger partial charge in [-0.25, -0.2) is 0 Å². The van der Waals surface area contributed by atoms with Crippen molar-refractivity contribution in [2.45, 2.75) is 45.4 Å². The van der Waals surface area contributed by atoms with Gasteiger partial charge in [0, 0.05) is 42.5 Å². The van der Waals surface area contributed by atoms with Gasteiger partial charge in [-0.05, 0) is 92.4 Å². The Balaban J connectivity index is 1.29. The van der Waals surface area contributed by atoms with Crippen LogP contribution in [0.5, 0.6) is 0 Å². The molecule has 0 bridgehead atoms. The first-order chi connectivity index (χ1) is 24.7. The summed E-state index contributed by atoms with van der Waals surface area (Å²) in [6, 6.07) is 58.6. The van der Waals surface area contributed by atoms with Crippen LogP contribution in [0.2, 0.25) is 0 Å². The lowest BCUT2D eigenvalue weighted by molar-refractivity contribution is 0.584. The molecular weight excluding hydrogens is 635 g/mol. The molecule has 2 heteroatoms. The van der Waals surface area contributed by atoms with Gasteiger partial charge in [-0.3, -0.25) is 0 Å². The van der Waals surface area contributed by atoms with Crippen molar-refractivity contribution in [2.75, 3.05) is 4.90 Å². The Morgan fingerprint density at radius 1 is 0.490 bits per heavy atom. The van der Waals surface area contributed by atoms with E-state index in [0.29, 0.717) is 0 Å². The summed E-state index contributed by atoms with van der Waals surface area (Å²) in [5, 5.41) is 2.60. The van der Waals surface area contributed by atoms with Crippen molar-refractivity contribution in [2.24, 2.45) is 0 Å². The molecule has 248 valence electrons. The van der Waals surface area contributed by atoms with Gasteiger partial charge in [0.15, 0.2) is 0 Å². The van der Waals surface area contributed by atoms with Crippen molar-refractivity contribution >= 4 is 48.6 Å². The van der Waals surface area contributed by atoms with Crippen molar-refractivity contribution in [3.05, 3.63) is 174 Å². The van der Waals surface area contributed by atoms with Crippen molar-refractivity contribution < 1.29 is 0 Å². The minimum atomic E-state index is -0.106. The van der Waals surface area contributed by atoms with E-state index in [2.05, 4.69) is 197 Å². The zero-order chi connectivity index (χ0) is 34.9. The highest BCUT2D eigenvalue weighted by Crippen LogP contribution is 2.54. The van der Waals surface area contributed by atoms with Gasteiger partial charge in [0.25, 0.3) is 0 Å². The Bertz CT molecular complexity index is 2600. The molecule has 0 unspecified atom stereocenters. The van der Waals surface area contributed by atoms with Crippen LogP contribution in [-0.4, -0.2) is 0 Å². The largest absolute Gasteiger partial charge is 0.310 e. The highest BCUT2D eigenvalue weighted by molar-refractivity contribution is 7.25. The van der Waals surface area contributed by atoms with E-state index in [1.165, 1.54) is 70.2 Å². The molecule has 0 atom stereocenters. The maximum Gasteiger partial charge on any atom is 0.0540 e. The number of para-hydroxylation sites is 1. The second kappa shape index (κ2) is 11.8. The minimum absolute atomic E-state index is 0.0823. The van der Waals surface area contributed by atoms with Crippen LogP contribution in [0.3, 0.4) is 0 Å². The predicted octanol–water partition coefficient (Wildman–Crippen LogP) is 14.5. The molecule has 1 aliphatic carbocycles. The second-order valence-electron chi connectivity index (χ2n) is 15.4. The molecule has 0 aliphatic heterocycles. The molecule has 1 heterocycles. The summed E-state index contributed by atoms with van der Waals surface area (Å²) in [6.45, 7) is 11.7. The van der Waals surface area contributed by atoms with Gasteiger partial charge in [0.05, 0.1) is 5.69 Å². The maximum absolute atomic E-state index is 2.47. The van der Waals surface area contributed by atoms with Crippen LogP contribution in [0, 0.1) is 0 Å². The average molecular weight is 676 g/mol. The third kappa shape index (κ3) is 5.20. The van der Waals surface area contributed by atoms with E-state index in [4.69, 9.17) is 0 Å². The van der Waals surface area contributed by atoms with E-state index in [9.17, 15) is 0 Å². The van der Waals surface area contributed by atoms with E-state index in [0.717, 1.165) is 17.1 Å². The maximum atomic E-state index is 2.47. The molecular formula is C49H41NS. The Morgan fingerprint density at radius 3 is 2.02 bits per heavy atom. The molecule has 51 heavy (non-hydrogen) atoms. The monoisotopic (exact) mass is 675 g/mol. The lowest BCUT2D eigenvalue weighted by Gasteiger charge is -2.29. The number of benzene rings is 7. The summed E-state index contributed by atoms with van der Waals surface area (Å²) in [7, 11) is 0. The highest BCUT2D eigenvalue weighted by Gasteiger charge is 2.38. The molecule has 7 aromatic carbocycles. The molecule has 0 fully saturated rings. The van der Waals surface area contributed by atoms with E-state index in [1.54, 1.807) is 0 Å². The third-order valence-corrected chi connectivity index (χ3v) is 12.0. The number of anilines is 3. The zero-order valence-electron chi connectivity index (χ0n) is 29.9. The van der Waals surface area contributed by atoms with Crippen LogP contribution in [0.1, 0.15) is 51.3 Å². The molecule has 1 aromatic heterocycles. The fourth-order valence-electron chi connectivity index (χ4n) is 8.11. The first-order valence-electron chi connectivity index (χ1n) is 17.9. The molecule has 0 amide bonds. The molecule has 8 aromatic rings. The third-order valence-electron chi connectivity index (χ3n) is 10.8. The molecule has 0 N–H and O–H groups in total. The molecule has 0 spiro atoms. The van der Waals surface area contributed by atoms with Gasteiger partial charge in [0.2, 0.25) is 0 Å². The smallest absolute Gasteiger partial charge is 0.0540 e. The number of hydrogen-bond acceptors (Lipinski definition) is 2. The fraction of sp³-hybridized carbons (Fsp3) is 0.143. The van der Waals surface area contributed by atoms with Crippen molar-refractivity contribution in [1.82, 2.24) is 0 Å². The normalized spacial score (nSPS) is 13.4. The van der Waals surface area contributed by atoms with Gasteiger partial charge in [-0.1, -0.05) is 150 Å². The van der Waals surface area contributed by atoms with E-state index in [-0.39, 0.29) is 10.8 Å². The van der Waals surface area contributed by atoms with E-state index in [1.807, 2.05) is 11.3 Å². The van der Waals surface area contributed by atoms with Crippen LogP contribution in [0.4, 0.5) is 17.1 Å². The van der Waals surface area contributed by atoms with Crippen LogP contribution in [0.25, 0.3) is 53.6 Å². The molecule has 0 saturated heterocycles. The van der Waals surface area contributed by atoms with Crippen molar-refractivity contribution in [3.8, 4) is 33.4 Å². The quantitative estimate of drug-likeness (QED) is 0.175. The Labute approximate surface area is 305 Å². The van der Waals surface area contributed by atoms with Gasteiger partial charge in [-0.2, -0.15) is 0 Å². The Hall–Kier alpha value is -5.44. The summed E-state index contributed by atoms with van der Waals surface area (Å²) in [4.78, 5) is 2.47. The topological polar surface area (TPSA) is 3.24 Å². The van der Waals surface area contributed by atoms with Gasteiger partial charge in [0.1, 0.15) is 0 Å². The van der Waals surface area contributed by atoms with Crippen LogP contribution in [0.15, 0.2) is 158 Å². The number of nitrogens with zero attached hydrogens (tertiary/aromatic N) is 1. The number of fused-ring (bicyclic) bond motifs is 6. The second-order valence-corrected chi connectivity index (χ2v) is 16.5. The Kier molecular flexibility index (Phi) is 7.31. The molecule has 1 nitrogen and oxygen atoms in total. The molecule has 9 rings (SSSR count). The number of rotatable bonds is 5. The lowest BCUT2D eigenvalue weighted by atomic mass is 9.79.